The minimum Gasteiger partial charge on any atom is -0.494 e. The molecule has 4 aromatic rings. The maximum Gasteiger partial charge on any atom is 0.260 e. The summed E-state index contributed by atoms with van der Waals surface area (Å²) in [5, 5.41) is 3.36. The molecule has 5 rings (SSSR count). The Hall–Kier alpha value is -4.17. The van der Waals surface area contributed by atoms with Crippen LogP contribution in [0.4, 0.5) is 5.69 Å². The number of fused-ring (bicyclic) bond motifs is 3. The van der Waals surface area contributed by atoms with Crippen molar-refractivity contribution in [2.75, 3.05) is 19.5 Å². The molecule has 0 spiro atoms. The van der Waals surface area contributed by atoms with Gasteiger partial charge in [0, 0.05) is 18.0 Å². The molecule has 1 heterocycles. The molecule has 1 N–H and O–H groups in total. The summed E-state index contributed by atoms with van der Waals surface area (Å²) in [5.41, 5.74) is 8.68. The number of pyridine rings is 1. The number of para-hydroxylation sites is 1. The molecular weight excluding hydrogens is 534 g/mol. The second-order valence-corrected chi connectivity index (χ2v) is 13.6. The number of amidine groups is 1. The van der Waals surface area contributed by atoms with Gasteiger partial charge in [-0.2, -0.15) is 0 Å². The van der Waals surface area contributed by atoms with E-state index in [2.05, 4.69) is 45.0 Å². The van der Waals surface area contributed by atoms with Gasteiger partial charge in [-0.05, 0) is 91.6 Å². The summed E-state index contributed by atoms with van der Waals surface area (Å²) in [4.78, 5) is 4.39. The molecule has 1 aromatic heterocycles. The molecule has 212 valence electrons. The first kappa shape index (κ1) is 28.4. The first-order chi connectivity index (χ1) is 19.5. The van der Waals surface area contributed by atoms with Gasteiger partial charge in [-0.25, -0.2) is 8.42 Å². The lowest BCUT2D eigenvalue weighted by Gasteiger charge is -2.23. The maximum atomic E-state index is 13.7. The molecule has 3 aromatic carbocycles. The number of ether oxygens (including phenoxy) is 2. The Balaban J connectivity index is 1.80. The summed E-state index contributed by atoms with van der Waals surface area (Å²) in [6, 6.07) is 20.0. The molecule has 0 radical (unpaired) electrons. The van der Waals surface area contributed by atoms with E-state index >= 15 is 0 Å². The number of hydrogen-bond donors (Lipinski definition) is 1. The van der Waals surface area contributed by atoms with E-state index in [1.807, 2.05) is 37.5 Å². The molecular formula is C33H35N3O4S. The van der Waals surface area contributed by atoms with E-state index in [0.717, 1.165) is 38.9 Å². The van der Waals surface area contributed by atoms with Crippen molar-refractivity contribution in [3.63, 3.8) is 0 Å². The highest BCUT2D eigenvalue weighted by Gasteiger charge is 2.32. The molecule has 0 atom stereocenters. The Morgan fingerprint density at radius 1 is 0.951 bits per heavy atom. The Morgan fingerprint density at radius 3 is 2.32 bits per heavy atom. The van der Waals surface area contributed by atoms with E-state index in [4.69, 9.17) is 9.47 Å². The van der Waals surface area contributed by atoms with Gasteiger partial charge in [0.15, 0.2) is 5.84 Å². The van der Waals surface area contributed by atoms with Crippen LogP contribution in [0.1, 0.15) is 54.2 Å². The normalized spacial score (nSPS) is 13.0. The molecule has 0 unspecified atom stereocenters. The van der Waals surface area contributed by atoms with Gasteiger partial charge >= 0.3 is 0 Å². The number of nitrogens with one attached hydrogen (secondary N) is 1. The molecule has 8 heteroatoms. The Morgan fingerprint density at radius 2 is 1.66 bits per heavy atom. The second kappa shape index (κ2) is 11.0. The van der Waals surface area contributed by atoms with Crippen LogP contribution in [0.15, 0.2) is 77.5 Å². The van der Waals surface area contributed by atoms with Crippen molar-refractivity contribution in [3.05, 3.63) is 106 Å². The smallest absolute Gasteiger partial charge is 0.260 e. The van der Waals surface area contributed by atoms with Crippen molar-refractivity contribution in [1.82, 2.24) is 4.98 Å². The zero-order valence-corrected chi connectivity index (χ0v) is 25.1. The Labute approximate surface area is 242 Å². The fourth-order valence-electron chi connectivity index (χ4n) is 5.12. The molecule has 0 saturated heterocycles. The molecule has 0 amide bonds. The number of benzene rings is 3. The lowest BCUT2D eigenvalue weighted by Crippen LogP contribution is -2.29. The van der Waals surface area contributed by atoms with Crippen molar-refractivity contribution in [2.45, 2.75) is 45.3 Å². The topological polar surface area (TPSA) is 89.9 Å². The summed E-state index contributed by atoms with van der Waals surface area (Å²) in [6.07, 6.45) is 4.87. The van der Waals surface area contributed by atoms with Crippen molar-refractivity contribution in [2.24, 2.45) is 4.40 Å². The molecule has 7 nitrogen and oxygen atoms in total. The largest absolute Gasteiger partial charge is 0.494 e. The van der Waals surface area contributed by atoms with Crippen molar-refractivity contribution < 1.29 is 17.9 Å². The highest BCUT2D eigenvalue weighted by Crippen LogP contribution is 2.42. The highest BCUT2D eigenvalue weighted by atomic mass is 32.2. The first-order valence-corrected chi connectivity index (χ1v) is 14.9. The molecule has 1 aliphatic rings. The van der Waals surface area contributed by atoms with Gasteiger partial charge < -0.3 is 14.8 Å². The average Bonchev–Trinajstić information content (AvgIpc) is 3.30. The van der Waals surface area contributed by atoms with Gasteiger partial charge in [-0.1, -0.05) is 48.5 Å². The summed E-state index contributed by atoms with van der Waals surface area (Å²) in [7, 11) is -0.824. The van der Waals surface area contributed by atoms with Crippen LogP contribution in [0, 0.1) is 6.92 Å². The van der Waals surface area contributed by atoms with Crippen LogP contribution >= 0.6 is 0 Å². The van der Waals surface area contributed by atoms with E-state index in [9.17, 15) is 8.42 Å². The third-order valence-corrected chi connectivity index (χ3v) is 9.26. The van der Waals surface area contributed by atoms with Gasteiger partial charge in [0.1, 0.15) is 17.2 Å². The number of aromatic nitrogens is 1. The lowest BCUT2D eigenvalue weighted by molar-refractivity contribution is 0.398. The van der Waals surface area contributed by atoms with Gasteiger partial charge in [-0.3, -0.25) is 4.98 Å². The summed E-state index contributed by atoms with van der Waals surface area (Å²) < 4.78 is 42.0. The third-order valence-electron chi connectivity index (χ3n) is 7.29. The monoisotopic (exact) mass is 569 g/mol. The number of anilines is 1. The Kier molecular flexibility index (Phi) is 7.62. The van der Waals surface area contributed by atoms with E-state index < -0.39 is 14.8 Å². The van der Waals surface area contributed by atoms with Crippen LogP contribution in [0.2, 0.25) is 0 Å². The van der Waals surface area contributed by atoms with Crippen LogP contribution in [0.25, 0.3) is 11.1 Å². The van der Waals surface area contributed by atoms with Gasteiger partial charge in [0.25, 0.3) is 10.0 Å². The zero-order valence-electron chi connectivity index (χ0n) is 24.3. The molecule has 0 fully saturated rings. The minimum absolute atomic E-state index is 0.225. The molecule has 0 saturated carbocycles. The number of rotatable bonds is 7. The average molecular weight is 570 g/mol. The number of hydrogen-bond acceptors (Lipinski definition) is 5. The maximum absolute atomic E-state index is 13.7. The zero-order chi connectivity index (χ0) is 29.4. The van der Waals surface area contributed by atoms with E-state index in [1.54, 1.807) is 47.1 Å². The predicted molar refractivity (Wildman–Crippen MR) is 165 cm³/mol. The van der Waals surface area contributed by atoms with Crippen LogP contribution in [0.3, 0.4) is 0 Å². The summed E-state index contributed by atoms with van der Waals surface area (Å²) >= 11 is 0. The van der Waals surface area contributed by atoms with E-state index in [1.165, 1.54) is 5.56 Å². The molecule has 1 aliphatic carbocycles. The van der Waals surface area contributed by atoms with Crippen LogP contribution in [-0.2, 0) is 22.9 Å². The predicted octanol–water partition coefficient (Wildman–Crippen LogP) is 6.56. The molecule has 41 heavy (non-hydrogen) atoms. The summed E-state index contributed by atoms with van der Waals surface area (Å²) in [5.74, 6) is 1.24. The van der Waals surface area contributed by atoms with Crippen molar-refractivity contribution in [1.29, 1.82) is 0 Å². The second-order valence-electron chi connectivity index (χ2n) is 11.2. The minimum atomic E-state index is -3.95. The van der Waals surface area contributed by atoms with Gasteiger partial charge in [0.2, 0.25) is 0 Å². The first-order valence-electron chi connectivity index (χ1n) is 13.5. The third kappa shape index (κ3) is 5.57. The van der Waals surface area contributed by atoms with Crippen LogP contribution in [-0.4, -0.2) is 38.2 Å². The fourth-order valence-corrected chi connectivity index (χ4v) is 5.77. The fraction of sp³-hybridized carbons (Fsp3) is 0.273. The SMILES string of the molecule is COc1cccc(OC)c1NC(=NS(=O)(=O)C(C)(C)C)c1c(Cc2cncc(C)c2)ccc2c1Cc1ccccc1-2. The number of aryl methyl sites for hydroxylation is 1. The summed E-state index contributed by atoms with van der Waals surface area (Å²) in [6.45, 7) is 6.96. The Bertz CT molecular complexity index is 1730. The van der Waals surface area contributed by atoms with E-state index in [-0.39, 0.29) is 5.84 Å². The number of methoxy groups -OCH3 is 2. The van der Waals surface area contributed by atoms with Crippen molar-refractivity contribution in [3.8, 4) is 22.6 Å². The van der Waals surface area contributed by atoms with Gasteiger partial charge in [-0.15, -0.1) is 4.40 Å². The van der Waals surface area contributed by atoms with Gasteiger partial charge in [0.05, 0.1) is 19.0 Å². The lowest BCUT2D eigenvalue weighted by atomic mass is 9.91. The van der Waals surface area contributed by atoms with E-state index in [0.29, 0.717) is 30.0 Å². The molecule has 0 bridgehead atoms. The highest BCUT2D eigenvalue weighted by molar-refractivity contribution is 7.91. The van der Waals surface area contributed by atoms with Crippen LogP contribution < -0.4 is 14.8 Å². The standard InChI is InChI=1S/C33H35N3O4S/c1-21-16-22(20-34-19-21)17-24-14-15-26-25-11-8-7-10-23(25)18-27(26)30(24)32(36-41(37,38)33(2,3)4)35-31-28(39-5)12-9-13-29(31)40-6/h7-16,19-20H,17-18H2,1-6H3,(H,35,36). The van der Waals surface area contributed by atoms with Crippen LogP contribution in [0.5, 0.6) is 11.5 Å². The number of sulfonamides is 1. The quantitative estimate of drug-likeness (QED) is 0.176. The molecule has 0 aliphatic heterocycles. The number of nitrogens with zero attached hydrogens (tertiary/aromatic N) is 2. The van der Waals surface area contributed by atoms with Crippen molar-refractivity contribution >= 4 is 21.5 Å².